The molecular weight excluding hydrogens is 397 g/mol. The Morgan fingerprint density at radius 1 is 1.03 bits per heavy atom. The van der Waals surface area contributed by atoms with Crippen LogP contribution in [0.2, 0.25) is 0 Å². The first kappa shape index (κ1) is 22.3. The van der Waals surface area contributed by atoms with Crippen LogP contribution in [0.1, 0.15) is 48.1 Å². The second-order valence-electron chi connectivity index (χ2n) is 8.35. The highest BCUT2D eigenvalue weighted by Gasteiger charge is 2.28. The molecule has 0 N–H and O–H groups in total. The van der Waals surface area contributed by atoms with Gasteiger partial charge in [0.2, 0.25) is 0 Å². The topological polar surface area (TPSA) is 62.7 Å². The van der Waals surface area contributed by atoms with Gasteiger partial charge in [-0.3, -0.25) is 4.79 Å². The summed E-state index contributed by atoms with van der Waals surface area (Å²) in [6.45, 7) is 8.94. The lowest BCUT2D eigenvalue weighted by molar-refractivity contribution is 0.0140. The highest BCUT2D eigenvalue weighted by Crippen LogP contribution is 2.15. The van der Waals surface area contributed by atoms with Crippen LogP contribution in [0, 0.1) is 24.6 Å². The molecule has 1 aliphatic rings. The lowest BCUT2D eigenvalue weighted by atomic mass is 10.1. The van der Waals surface area contributed by atoms with Crippen LogP contribution in [0.5, 0.6) is 0 Å². The third-order valence-corrected chi connectivity index (χ3v) is 4.69. The van der Waals surface area contributed by atoms with Gasteiger partial charge in [0, 0.05) is 31.7 Å². The van der Waals surface area contributed by atoms with E-state index in [0.29, 0.717) is 48.7 Å². The summed E-state index contributed by atoms with van der Waals surface area (Å²) in [6.07, 6.45) is -0.362. The number of carbonyl (C=O) groups is 2. The normalized spacial score (nSPS) is 14.0. The van der Waals surface area contributed by atoms with Crippen molar-refractivity contribution in [1.29, 1.82) is 0 Å². The van der Waals surface area contributed by atoms with Crippen molar-refractivity contribution < 1.29 is 18.7 Å². The van der Waals surface area contributed by atoms with Crippen LogP contribution >= 0.6 is 0 Å². The van der Waals surface area contributed by atoms with E-state index in [-0.39, 0.29) is 17.8 Å². The number of amides is 2. The molecule has 1 aliphatic heterocycles. The number of halogens is 1. The number of aromatic nitrogens is 1. The number of hydrogen-bond acceptors (Lipinski definition) is 4. The average molecular weight is 423 g/mol. The van der Waals surface area contributed by atoms with Crippen LogP contribution in [0.4, 0.5) is 9.18 Å². The van der Waals surface area contributed by atoms with Crippen molar-refractivity contribution in [3.63, 3.8) is 0 Å². The molecule has 0 bridgehead atoms. The molecule has 2 heterocycles. The van der Waals surface area contributed by atoms with Crippen LogP contribution in [0.15, 0.2) is 36.4 Å². The Kier molecular flexibility index (Phi) is 6.59. The van der Waals surface area contributed by atoms with Crippen molar-refractivity contribution in [2.75, 3.05) is 26.2 Å². The van der Waals surface area contributed by atoms with Gasteiger partial charge in [-0.05, 0) is 63.9 Å². The summed E-state index contributed by atoms with van der Waals surface area (Å²) in [7, 11) is 0. The minimum Gasteiger partial charge on any atom is -0.444 e. The molecule has 1 aromatic heterocycles. The maximum Gasteiger partial charge on any atom is 0.410 e. The summed E-state index contributed by atoms with van der Waals surface area (Å²) in [5.41, 5.74) is 1.59. The van der Waals surface area contributed by atoms with E-state index in [2.05, 4.69) is 16.8 Å². The van der Waals surface area contributed by atoms with Gasteiger partial charge in [0.25, 0.3) is 5.91 Å². The lowest BCUT2D eigenvalue weighted by Gasteiger charge is -2.35. The smallest absolute Gasteiger partial charge is 0.410 e. The van der Waals surface area contributed by atoms with Crippen LogP contribution in [0.3, 0.4) is 0 Å². The third kappa shape index (κ3) is 6.05. The fourth-order valence-corrected chi connectivity index (χ4v) is 3.15. The van der Waals surface area contributed by atoms with E-state index in [0.717, 1.165) is 0 Å². The molecule has 0 spiro atoms. The zero-order valence-electron chi connectivity index (χ0n) is 18.2. The highest BCUT2D eigenvalue weighted by molar-refractivity contribution is 5.95. The predicted octanol–water partition coefficient (Wildman–Crippen LogP) is 3.62. The molecule has 162 valence electrons. The van der Waals surface area contributed by atoms with Crippen molar-refractivity contribution in [3.8, 4) is 11.8 Å². The van der Waals surface area contributed by atoms with Gasteiger partial charge >= 0.3 is 6.09 Å². The van der Waals surface area contributed by atoms with Gasteiger partial charge in [-0.25, -0.2) is 14.2 Å². The molecule has 0 aliphatic carbocycles. The molecule has 0 radical (unpaired) electrons. The number of pyridine rings is 1. The Hall–Kier alpha value is -3.40. The maximum absolute atomic E-state index is 13.3. The van der Waals surface area contributed by atoms with Crippen LogP contribution < -0.4 is 0 Å². The van der Waals surface area contributed by atoms with Crippen molar-refractivity contribution in [2.45, 2.75) is 33.3 Å². The molecule has 1 saturated heterocycles. The number of aryl methyl sites for hydroxylation is 1. The number of piperazine rings is 1. The minimum absolute atomic E-state index is 0.126. The number of ether oxygens (including phenoxy) is 1. The molecule has 0 atom stereocenters. The summed E-state index contributed by atoms with van der Waals surface area (Å²) in [6, 6.07) is 9.43. The van der Waals surface area contributed by atoms with E-state index in [9.17, 15) is 14.0 Å². The van der Waals surface area contributed by atoms with E-state index < -0.39 is 5.60 Å². The molecule has 0 saturated carbocycles. The van der Waals surface area contributed by atoms with Gasteiger partial charge in [0.1, 0.15) is 17.1 Å². The fraction of sp³-hybridized carbons (Fsp3) is 0.375. The van der Waals surface area contributed by atoms with Gasteiger partial charge in [-0.1, -0.05) is 12.0 Å². The first-order valence-corrected chi connectivity index (χ1v) is 10.1. The molecule has 7 heteroatoms. The van der Waals surface area contributed by atoms with Gasteiger partial charge in [0.05, 0.1) is 11.3 Å². The molecule has 2 aromatic rings. The van der Waals surface area contributed by atoms with E-state index in [1.807, 2.05) is 20.8 Å². The molecule has 3 rings (SSSR count). The van der Waals surface area contributed by atoms with Gasteiger partial charge in [-0.15, -0.1) is 0 Å². The first-order chi connectivity index (χ1) is 14.6. The second kappa shape index (κ2) is 9.17. The van der Waals surface area contributed by atoms with Crippen molar-refractivity contribution in [3.05, 3.63) is 64.7 Å². The van der Waals surface area contributed by atoms with E-state index in [4.69, 9.17) is 4.74 Å². The van der Waals surface area contributed by atoms with E-state index >= 15 is 0 Å². The summed E-state index contributed by atoms with van der Waals surface area (Å²) in [4.78, 5) is 32.9. The Bertz CT molecular complexity index is 1040. The Balaban J connectivity index is 1.63. The summed E-state index contributed by atoms with van der Waals surface area (Å²) < 4.78 is 18.7. The highest BCUT2D eigenvalue weighted by atomic mass is 19.1. The standard InChI is InChI=1S/C24H26FN3O3/c1-17-21(11-10-20(26-17)9-8-18-6-5-7-19(25)16-18)22(29)27-12-14-28(15-13-27)23(30)31-24(2,3)4/h5-7,10-11,16H,12-15H2,1-4H3. The molecule has 0 unspecified atom stereocenters. The minimum atomic E-state index is -0.549. The van der Waals surface area contributed by atoms with Crippen LogP contribution in [0.25, 0.3) is 0 Å². The van der Waals surface area contributed by atoms with Crippen molar-refractivity contribution in [2.24, 2.45) is 0 Å². The molecule has 31 heavy (non-hydrogen) atoms. The number of carbonyl (C=O) groups excluding carboxylic acids is 2. The third-order valence-electron chi connectivity index (χ3n) is 4.69. The zero-order chi connectivity index (χ0) is 22.6. The molecule has 6 nitrogen and oxygen atoms in total. The summed E-state index contributed by atoms with van der Waals surface area (Å²) in [5, 5.41) is 0. The number of nitrogens with zero attached hydrogens (tertiary/aromatic N) is 3. The van der Waals surface area contributed by atoms with E-state index in [1.54, 1.807) is 41.0 Å². The summed E-state index contributed by atoms with van der Waals surface area (Å²) in [5.74, 6) is 5.31. The van der Waals surface area contributed by atoms with Gasteiger partial charge in [0.15, 0.2) is 0 Å². The molecule has 1 fully saturated rings. The lowest BCUT2D eigenvalue weighted by Crippen LogP contribution is -2.51. The number of rotatable bonds is 1. The Labute approximate surface area is 182 Å². The monoisotopic (exact) mass is 423 g/mol. The second-order valence-corrected chi connectivity index (χ2v) is 8.35. The SMILES string of the molecule is Cc1nc(C#Cc2cccc(F)c2)ccc1C(=O)N1CCN(C(=O)OC(C)(C)C)CC1. The van der Waals surface area contributed by atoms with Crippen molar-refractivity contribution in [1.82, 2.24) is 14.8 Å². The molecular formula is C24H26FN3O3. The average Bonchev–Trinajstić information content (AvgIpc) is 2.71. The quantitative estimate of drug-likeness (QED) is 0.658. The van der Waals surface area contributed by atoms with Crippen LogP contribution in [-0.2, 0) is 4.74 Å². The number of hydrogen-bond donors (Lipinski definition) is 0. The Morgan fingerprint density at radius 3 is 2.32 bits per heavy atom. The van der Waals surface area contributed by atoms with Crippen molar-refractivity contribution >= 4 is 12.0 Å². The predicted molar refractivity (Wildman–Crippen MR) is 115 cm³/mol. The zero-order valence-corrected chi connectivity index (χ0v) is 18.2. The first-order valence-electron chi connectivity index (χ1n) is 10.1. The van der Waals surface area contributed by atoms with Gasteiger partial charge < -0.3 is 14.5 Å². The maximum atomic E-state index is 13.3. The number of benzene rings is 1. The molecule has 2 amide bonds. The van der Waals surface area contributed by atoms with Gasteiger partial charge in [-0.2, -0.15) is 0 Å². The Morgan fingerprint density at radius 2 is 1.71 bits per heavy atom. The fourth-order valence-electron chi connectivity index (χ4n) is 3.15. The van der Waals surface area contributed by atoms with E-state index in [1.165, 1.54) is 12.1 Å². The largest absolute Gasteiger partial charge is 0.444 e. The van der Waals surface area contributed by atoms with Crippen LogP contribution in [-0.4, -0.2) is 58.6 Å². The molecule has 1 aromatic carbocycles. The summed E-state index contributed by atoms with van der Waals surface area (Å²) >= 11 is 0.